The number of rotatable bonds is 4. The third-order valence-electron chi connectivity index (χ3n) is 2.43. The van der Waals surface area contributed by atoms with Crippen LogP contribution in [0.4, 0.5) is 5.69 Å². The van der Waals surface area contributed by atoms with E-state index in [-0.39, 0.29) is 6.54 Å². The molecule has 0 aliphatic carbocycles. The summed E-state index contributed by atoms with van der Waals surface area (Å²) < 4.78 is 6.24. The minimum absolute atomic E-state index is 0.0957. The summed E-state index contributed by atoms with van der Waals surface area (Å²) in [6.45, 7) is 4.81. The maximum Gasteiger partial charge on any atom is 0.328 e. The lowest BCUT2D eigenvalue weighted by atomic mass is 10.3. The first kappa shape index (κ1) is 13.0. The Morgan fingerprint density at radius 1 is 1.47 bits per heavy atom. The highest BCUT2D eigenvalue weighted by molar-refractivity contribution is 5.81. The minimum Gasteiger partial charge on any atom is -0.451 e. The summed E-state index contributed by atoms with van der Waals surface area (Å²) in [6, 6.07) is 0. The van der Waals surface area contributed by atoms with Crippen LogP contribution in [0.3, 0.4) is 0 Å². The fraction of sp³-hybridized carbons (Fsp3) is 0.500. The molecule has 4 N–H and O–H groups in total. The van der Waals surface area contributed by atoms with Crippen LogP contribution in [-0.2, 0) is 20.9 Å². The quantitative estimate of drug-likeness (QED) is 0.689. The monoisotopic (exact) mass is 240 g/mol. The maximum absolute atomic E-state index is 11.5. The number of nitrogens with zero attached hydrogens (tertiary/aromatic N) is 2. The number of carbonyl (C=O) groups is 2. The van der Waals surface area contributed by atoms with E-state index in [9.17, 15) is 9.59 Å². The van der Waals surface area contributed by atoms with Crippen LogP contribution in [0, 0.1) is 13.8 Å². The number of ether oxygens (including phenoxy) is 1. The number of nitrogens with two attached hydrogens (primary N) is 2. The highest BCUT2D eigenvalue weighted by atomic mass is 16.5. The van der Waals surface area contributed by atoms with Crippen molar-refractivity contribution in [3.8, 4) is 0 Å². The molecule has 0 bridgehead atoms. The summed E-state index contributed by atoms with van der Waals surface area (Å²) in [6.07, 6.45) is -0.947. The number of anilines is 1. The molecule has 7 heteroatoms. The Bertz CT molecular complexity index is 453. The van der Waals surface area contributed by atoms with Gasteiger partial charge in [0.1, 0.15) is 6.54 Å². The van der Waals surface area contributed by atoms with E-state index < -0.39 is 18.0 Å². The first-order chi connectivity index (χ1) is 7.82. The lowest BCUT2D eigenvalue weighted by molar-refractivity contribution is -0.154. The molecule has 7 nitrogen and oxygen atoms in total. The van der Waals surface area contributed by atoms with Gasteiger partial charge in [-0.1, -0.05) is 0 Å². The van der Waals surface area contributed by atoms with Crippen LogP contribution < -0.4 is 11.5 Å². The van der Waals surface area contributed by atoms with Crippen LogP contribution >= 0.6 is 0 Å². The van der Waals surface area contributed by atoms with Gasteiger partial charge in [0.05, 0.1) is 17.1 Å². The summed E-state index contributed by atoms with van der Waals surface area (Å²) >= 11 is 0. The molecule has 0 aromatic carbocycles. The summed E-state index contributed by atoms with van der Waals surface area (Å²) in [5, 5.41) is 4.08. The summed E-state index contributed by atoms with van der Waals surface area (Å²) in [5.41, 5.74) is 12.6. The van der Waals surface area contributed by atoms with Gasteiger partial charge < -0.3 is 16.2 Å². The van der Waals surface area contributed by atoms with E-state index >= 15 is 0 Å². The van der Waals surface area contributed by atoms with Crippen molar-refractivity contribution in [1.82, 2.24) is 9.78 Å². The van der Waals surface area contributed by atoms with E-state index in [1.807, 2.05) is 0 Å². The van der Waals surface area contributed by atoms with E-state index in [4.69, 9.17) is 16.2 Å². The van der Waals surface area contributed by atoms with Gasteiger partial charge in [-0.25, -0.2) is 0 Å². The SMILES string of the molecule is Cc1nn(CC(=O)OC(C)C(N)=O)c(C)c1N. The van der Waals surface area contributed by atoms with Gasteiger partial charge in [0.2, 0.25) is 0 Å². The van der Waals surface area contributed by atoms with Crippen LogP contribution in [0.5, 0.6) is 0 Å². The zero-order valence-electron chi connectivity index (χ0n) is 10.1. The van der Waals surface area contributed by atoms with Crippen LogP contribution in [0.2, 0.25) is 0 Å². The van der Waals surface area contributed by atoms with Crippen molar-refractivity contribution in [1.29, 1.82) is 0 Å². The first-order valence-electron chi connectivity index (χ1n) is 5.11. The molecule has 0 aliphatic heterocycles. The molecule has 0 saturated carbocycles. The van der Waals surface area contributed by atoms with Crippen molar-refractivity contribution in [3.63, 3.8) is 0 Å². The lowest BCUT2D eigenvalue weighted by Gasteiger charge is -2.10. The van der Waals surface area contributed by atoms with Crippen LogP contribution in [-0.4, -0.2) is 27.8 Å². The molecular weight excluding hydrogens is 224 g/mol. The number of hydrogen-bond donors (Lipinski definition) is 2. The average Bonchev–Trinajstić information content (AvgIpc) is 2.46. The van der Waals surface area contributed by atoms with E-state index in [1.165, 1.54) is 11.6 Å². The molecule has 0 radical (unpaired) electrons. The van der Waals surface area contributed by atoms with Crippen molar-refractivity contribution >= 4 is 17.6 Å². The number of hydrogen-bond acceptors (Lipinski definition) is 5. The van der Waals surface area contributed by atoms with E-state index in [2.05, 4.69) is 5.10 Å². The van der Waals surface area contributed by atoms with Gasteiger partial charge in [0.15, 0.2) is 6.10 Å². The Kier molecular flexibility index (Phi) is 3.72. The van der Waals surface area contributed by atoms with Crippen molar-refractivity contribution in [2.24, 2.45) is 5.73 Å². The number of amides is 1. The molecule has 1 atom stereocenters. The van der Waals surface area contributed by atoms with Crippen LogP contribution in [0.15, 0.2) is 0 Å². The van der Waals surface area contributed by atoms with Crippen LogP contribution in [0.1, 0.15) is 18.3 Å². The zero-order valence-corrected chi connectivity index (χ0v) is 10.1. The van der Waals surface area contributed by atoms with Gasteiger partial charge in [-0.3, -0.25) is 14.3 Å². The standard InChI is InChI=1S/C10H16N4O3/c1-5-9(11)6(2)14(13-5)4-8(15)17-7(3)10(12)16/h7H,4,11H2,1-3H3,(H2,12,16). The molecule has 1 amide bonds. The third-order valence-corrected chi connectivity index (χ3v) is 2.43. The van der Waals surface area contributed by atoms with Crippen molar-refractivity contribution < 1.29 is 14.3 Å². The molecule has 1 heterocycles. The molecule has 1 aromatic heterocycles. The van der Waals surface area contributed by atoms with Gasteiger partial charge in [0.25, 0.3) is 5.91 Å². The van der Waals surface area contributed by atoms with Gasteiger partial charge in [-0.2, -0.15) is 5.10 Å². The van der Waals surface area contributed by atoms with Gasteiger partial charge in [-0.05, 0) is 20.8 Å². The van der Waals surface area contributed by atoms with E-state index in [0.717, 1.165) is 0 Å². The molecule has 0 spiro atoms. The van der Waals surface area contributed by atoms with Gasteiger partial charge in [-0.15, -0.1) is 0 Å². The zero-order chi connectivity index (χ0) is 13.2. The molecule has 94 valence electrons. The van der Waals surface area contributed by atoms with Crippen LogP contribution in [0.25, 0.3) is 0 Å². The number of carbonyl (C=O) groups excluding carboxylic acids is 2. The number of primary amides is 1. The largest absolute Gasteiger partial charge is 0.451 e. The number of aromatic nitrogens is 2. The Hall–Kier alpha value is -2.05. The molecule has 1 unspecified atom stereocenters. The fourth-order valence-electron chi connectivity index (χ4n) is 1.28. The second kappa shape index (κ2) is 4.86. The van der Waals surface area contributed by atoms with E-state index in [0.29, 0.717) is 17.1 Å². The van der Waals surface area contributed by atoms with E-state index in [1.54, 1.807) is 13.8 Å². The lowest BCUT2D eigenvalue weighted by Crippen LogP contribution is -2.31. The molecule has 0 fully saturated rings. The second-order valence-corrected chi connectivity index (χ2v) is 3.78. The first-order valence-corrected chi connectivity index (χ1v) is 5.11. The number of esters is 1. The summed E-state index contributed by atoms with van der Waals surface area (Å²) in [5.74, 6) is -1.27. The predicted molar refractivity (Wildman–Crippen MR) is 60.9 cm³/mol. The van der Waals surface area contributed by atoms with Gasteiger partial charge >= 0.3 is 5.97 Å². The number of aryl methyl sites for hydroxylation is 1. The Balaban J connectivity index is 2.69. The molecule has 17 heavy (non-hydrogen) atoms. The maximum atomic E-state index is 11.5. The Labute approximate surface area is 98.7 Å². The molecule has 1 rings (SSSR count). The van der Waals surface area contributed by atoms with Crippen molar-refractivity contribution in [2.75, 3.05) is 5.73 Å². The molecule has 0 aliphatic rings. The Morgan fingerprint density at radius 3 is 2.47 bits per heavy atom. The molecule has 1 aromatic rings. The van der Waals surface area contributed by atoms with Gasteiger partial charge in [0, 0.05) is 0 Å². The highest BCUT2D eigenvalue weighted by Crippen LogP contribution is 2.14. The topological polar surface area (TPSA) is 113 Å². The second-order valence-electron chi connectivity index (χ2n) is 3.78. The smallest absolute Gasteiger partial charge is 0.328 e. The minimum atomic E-state index is -0.947. The predicted octanol–water partition coefficient (Wildman–Crippen LogP) is -0.501. The highest BCUT2D eigenvalue weighted by Gasteiger charge is 2.17. The summed E-state index contributed by atoms with van der Waals surface area (Å²) in [7, 11) is 0. The third kappa shape index (κ3) is 2.96. The van der Waals surface area contributed by atoms with Crippen molar-refractivity contribution in [3.05, 3.63) is 11.4 Å². The fourth-order valence-corrected chi connectivity index (χ4v) is 1.28. The number of nitrogen functional groups attached to an aromatic ring is 1. The Morgan fingerprint density at radius 2 is 2.06 bits per heavy atom. The normalized spacial score (nSPS) is 12.2. The summed E-state index contributed by atoms with van der Waals surface area (Å²) in [4.78, 5) is 22.2. The van der Waals surface area contributed by atoms with Crippen molar-refractivity contribution in [2.45, 2.75) is 33.4 Å². The molecular formula is C10H16N4O3. The average molecular weight is 240 g/mol. The molecule has 0 saturated heterocycles.